The molecule has 1 unspecified atom stereocenters. The summed E-state index contributed by atoms with van der Waals surface area (Å²) < 4.78 is 2.11. The van der Waals surface area contributed by atoms with E-state index in [1.165, 1.54) is 0 Å². The van der Waals surface area contributed by atoms with E-state index in [0.717, 1.165) is 23.8 Å². The summed E-state index contributed by atoms with van der Waals surface area (Å²) in [6.07, 6.45) is 0. The summed E-state index contributed by atoms with van der Waals surface area (Å²) in [7, 11) is 1.86. The summed E-state index contributed by atoms with van der Waals surface area (Å²) >= 11 is 0. The molecule has 6 heteroatoms. The molecule has 1 aromatic heterocycles. The number of fused-ring (bicyclic) bond motifs is 1. The average molecular weight is 299 g/mol. The van der Waals surface area contributed by atoms with E-state index in [4.69, 9.17) is 0 Å². The van der Waals surface area contributed by atoms with Crippen LogP contribution in [0.3, 0.4) is 0 Å². The first-order valence-electron chi connectivity index (χ1n) is 7.61. The summed E-state index contributed by atoms with van der Waals surface area (Å²) in [5, 5.41) is 11.6. The van der Waals surface area contributed by atoms with E-state index in [9.17, 15) is 4.79 Å². The van der Waals surface area contributed by atoms with Gasteiger partial charge in [0.15, 0.2) is 11.6 Å². The Morgan fingerprint density at radius 3 is 2.77 bits per heavy atom. The van der Waals surface area contributed by atoms with E-state index < -0.39 is 0 Å². The predicted octanol–water partition coefficient (Wildman–Crippen LogP) is 1.14. The third-order valence-electron chi connectivity index (χ3n) is 4.03. The van der Waals surface area contributed by atoms with Crippen LogP contribution in [0.15, 0.2) is 30.3 Å². The lowest BCUT2D eigenvalue weighted by Crippen LogP contribution is -2.43. The first kappa shape index (κ1) is 14.7. The lowest BCUT2D eigenvalue weighted by molar-refractivity contribution is -0.136. The van der Waals surface area contributed by atoms with Gasteiger partial charge in [0.2, 0.25) is 5.91 Å². The number of hydrogen-bond donors (Lipinski definition) is 1. The number of benzene rings is 1. The van der Waals surface area contributed by atoms with Gasteiger partial charge < -0.3 is 14.8 Å². The van der Waals surface area contributed by atoms with Gasteiger partial charge in [-0.2, -0.15) is 0 Å². The van der Waals surface area contributed by atoms with Gasteiger partial charge in [-0.15, -0.1) is 10.2 Å². The van der Waals surface area contributed by atoms with Crippen molar-refractivity contribution in [2.75, 3.05) is 20.1 Å². The zero-order valence-corrected chi connectivity index (χ0v) is 13.0. The number of carbonyl (C=O) groups is 1. The lowest BCUT2D eigenvalue weighted by atomic mass is 10.1. The molecule has 1 N–H and O–H groups in total. The summed E-state index contributed by atoms with van der Waals surface area (Å²) in [4.78, 5) is 14.3. The van der Waals surface area contributed by atoms with E-state index in [-0.39, 0.29) is 11.8 Å². The minimum absolute atomic E-state index is 0.0203. The fourth-order valence-corrected chi connectivity index (χ4v) is 2.85. The van der Waals surface area contributed by atoms with Crippen molar-refractivity contribution >= 4 is 5.91 Å². The Morgan fingerprint density at radius 1 is 1.27 bits per heavy atom. The molecule has 1 aliphatic heterocycles. The van der Waals surface area contributed by atoms with Crippen LogP contribution in [0, 0.1) is 5.92 Å². The minimum Gasteiger partial charge on any atom is -0.333 e. The van der Waals surface area contributed by atoms with Crippen LogP contribution in [0.5, 0.6) is 0 Å². The topological polar surface area (TPSA) is 63.1 Å². The molecule has 1 amide bonds. The van der Waals surface area contributed by atoms with Crippen LogP contribution in [0.1, 0.15) is 12.7 Å². The second-order valence-electron chi connectivity index (χ2n) is 5.68. The fourth-order valence-electron chi connectivity index (χ4n) is 2.85. The molecule has 22 heavy (non-hydrogen) atoms. The minimum atomic E-state index is -0.0203. The van der Waals surface area contributed by atoms with E-state index in [0.29, 0.717) is 19.6 Å². The Morgan fingerprint density at radius 2 is 2.05 bits per heavy atom. The zero-order valence-electron chi connectivity index (χ0n) is 13.0. The fraction of sp³-hybridized carbons (Fsp3) is 0.438. The molecule has 3 rings (SSSR count). The Kier molecular flexibility index (Phi) is 4.20. The molecule has 116 valence electrons. The molecule has 1 aromatic carbocycles. The molecule has 2 aromatic rings. The molecule has 1 aliphatic rings. The van der Waals surface area contributed by atoms with Crippen molar-refractivity contribution in [2.24, 2.45) is 5.92 Å². The standard InChI is InChI=1S/C16H21N5O/c1-12(10-17-2)16(22)20-8-9-21-14(11-20)18-19-15(21)13-6-4-3-5-7-13/h3-7,12,17H,8-11H2,1-2H3. The molecule has 0 saturated heterocycles. The van der Waals surface area contributed by atoms with Gasteiger partial charge in [-0.05, 0) is 7.05 Å². The maximum Gasteiger partial charge on any atom is 0.227 e. The second-order valence-corrected chi connectivity index (χ2v) is 5.68. The summed E-state index contributed by atoms with van der Waals surface area (Å²) in [6.45, 7) is 4.62. The smallest absolute Gasteiger partial charge is 0.227 e. The molecule has 0 radical (unpaired) electrons. The molecule has 2 heterocycles. The Labute approximate surface area is 130 Å². The van der Waals surface area contributed by atoms with Crippen LogP contribution in [0.4, 0.5) is 0 Å². The van der Waals surface area contributed by atoms with Gasteiger partial charge in [0.25, 0.3) is 0 Å². The van der Waals surface area contributed by atoms with Gasteiger partial charge in [0, 0.05) is 31.1 Å². The molecular formula is C16H21N5O. The number of nitrogens with one attached hydrogen (secondary N) is 1. The largest absolute Gasteiger partial charge is 0.333 e. The van der Waals surface area contributed by atoms with Crippen molar-refractivity contribution in [3.05, 3.63) is 36.2 Å². The Bertz CT molecular complexity index is 652. The third-order valence-corrected chi connectivity index (χ3v) is 4.03. The summed E-state index contributed by atoms with van der Waals surface area (Å²) in [5.74, 6) is 1.89. The second kappa shape index (κ2) is 6.27. The molecule has 0 fully saturated rings. The first-order chi connectivity index (χ1) is 10.7. The maximum atomic E-state index is 12.4. The molecule has 0 aliphatic carbocycles. The highest BCUT2D eigenvalue weighted by Crippen LogP contribution is 2.22. The van der Waals surface area contributed by atoms with Crippen LogP contribution < -0.4 is 5.32 Å². The number of hydrogen-bond acceptors (Lipinski definition) is 4. The van der Waals surface area contributed by atoms with Gasteiger partial charge in [0.1, 0.15) is 0 Å². The number of carbonyl (C=O) groups excluding carboxylic acids is 1. The maximum absolute atomic E-state index is 12.4. The van der Waals surface area contributed by atoms with Crippen molar-refractivity contribution in [1.29, 1.82) is 0 Å². The van der Waals surface area contributed by atoms with E-state index in [1.54, 1.807) is 0 Å². The molecular weight excluding hydrogens is 278 g/mol. The van der Waals surface area contributed by atoms with Crippen molar-refractivity contribution in [3.63, 3.8) is 0 Å². The zero-order chi connectivity index (χ0) is 15.5. The van der Waals surface area contributed by atoms with Crippen LogP contribution in [0.2, 0.25) is 0 Å². The van der Waals surface area contributed by atoms with Crippen LogP contribution in [-0.2, 0) is 17.9 Å². The van der Waals surface area contributed by atoms with Gasteiger partial charge in [-0.3, -0.25) is 4.79 Å². The highest BCUT2D eigenvalue weighted by atomic mass is 16.2. The van der Waals surface area contributed by atoms with Gasteiger partial charge in [-0.25, -0.2) is 0 Å². The quantitative estimate of drug-likeness (QED) is 0.919. The van der Waals surface area contributed by atoms with Crippen molar-refractivity contribution in [2.45, 2.75) is 20.0 Å². The lowest BCUT2D eigenvalue weighted by Gasteiger charge is -2.30. The third kappa shape index (κ3) is 2.74. The van der Waals surface area contributed by atoms with Crippen molar-refractivity contribution in [3.8, 4) is 11.4 Å². The number of aromatic nitrogens is 3. The van der Waals surface area contributed by atoms with Crippen LogP contribution in [-0.4, -0.2) is 45.7 Å². The van der Waals surface area contributed by atoms with Gasteiger partial charge >= 0.3 is 0 Å². The number of nitrogens with zero attached hydrogens (tertiary/aromatic N) is 4. The summed E-state index contributed by atoms with van der Waals surface area (Å²) in [6, 6.07) is 10.0. The van der Waals surface area contributed by atoms with E-state index in [1.807, 2.05) is 49.2 Å². The highest BCUT2D eigenvalue weighted by Gasteiger charge is 2.27. The highest BCUT2D eigenvalue weighted by molar-refractivity contribution is 5.78. The predicted molar refractivity (Wildman–Crippen MR) is 84.0 cm³/mol. The number of amides is 1. The molecule has 0 spiro atoms. The molecule has 0 bridgehead atoms. The Balaban J connectivity index is 1.78. The average Bonchev–Trinajstić information content (AvgIpc) is 2.98. The van der Waals surface area contributed by atoms with Crippen LogP contribution >= 0.6 is 0 Å². The summed E-state index contributed by atoms with van der Waals surface area (Å²) in [5.41, 5.74) is 1.06. The normalized spacial score (nSPS) is 15.5. The van der Waals surface area contributed by atoms with Crippen molar-refractivity contribution in [1.82, 2.24) is 25.0 Å². The van der Waals surface area contributed by atoms with Crippen molar-refractivity contribution < 1.29 is 4.79 Å². The molecule has 0 saturated carbocycles. The van der Waals surface area contributed by atoms with E-state index in [2.05, 4.69) is 20.1 Å². The van der Waals surface area contributed by atoms with E-state index >= 15 is 0 Å². The SMILES string of the molecule is CNCC(C)C(=O)N1CCn2c(nnc2-c2ccccc2)C1. The molecule has 6 nitrogen and oxygen atoms in total. The first-order valence-corrected chi connectivity index (χ1v) is 7.61. The molecule has 1 atom stereocenters. The van der Waals surface area contributed by atoms with Gasteiger partial charge in [-0.1, -0.05) is 37.3 Å². The Hall–Kier alpha value is -2.21. The van der Waals surface area contributed by atoms with Crippen LogP contribution in [0.25, 0.3) is 11.4 Å². The number of rotatable bonds is 4. The van der Waals surface area contributed by atoms with Gasteiger partial charge in [0.05, 0.1) is 6.54 Å². The monoisotopic (exact) mass is 299 g/mol.